The molecular formula is C24H27ClN4O4S. The van der Waals surface area contributed by atoms with Gasteiger partial charge in [0.2, 0.25) is 5.91 Å². The molecule has 2 aliphatic heterocycles. The van der Waals surface area contributed by atoms with Crippen LogP contribution in [0.4, 0.5) is 0 Å². The Hall–Kier alpha value is -2.36. The number of ketones is 1. The molecule has 180 valence electrons. The molecule has 1 aliphatic carbocycles. The molecule has 4 atom stereocenters. The van der Waals surface area contributed by atoms with Crippen LogP contribution in [0.3, 0.4) is 0 Å². The molecule has 8 nitrogen and oxygen atoms in total. The SMILES string of the molecule is Cc1ccnnc1-c1ccc(C(=O)N[C@H](C(=O)N2C[C@H](Cl)[C@H]3OCC(=O)[C@H]32)C2CCCCC2)s1. The molecule has 4 heterocycles. The number of nitrogens with one attached hydrogen (secondary N) is 1. The zero-order valence-corrected chi connectivity index (χ0v) is 20.5. The van der Waals surface area contributed by atoms with Crippen molar-refractivity contribution in [1.29, 1.82) is 0 Å². The van der Waals surface area contributed by atoms with Crippen molar-refractivity contribution >= 4 is 40.5 Å². The van der Waals surface area contributed by atoms with Gasteiger partial charge in [-0.25, -0.2) is 0 Å². The first-order chi connectivity index (χ1) is 16.4. The second-order valence-corrected chi connectivity index (χ2v) is 10.9. The minimum Gasteiger partial charge on any atom is -0.366 e. The van der Waals surface area contributed by atoms with E-state index in [0.717, 1.165) is 48.2 Å². The maximum Gasteiger partial charge on any atom is 0.262 e. The van der Waals surface area contributed by atoms with E-state index >= 15 is 0 Å². The van der Waals surface area contributed by atoms with Gasteiger partial charge in [0.05, 0.1) is 15.1 Å². The number of Topliss-reactive ketones (excluding diaryl/α,β-unsaturated/α-hetero) is 1. The number of aromatic nitrogens is 2. The average molecular weight is 503 g/mol. The van der Waals surface area contributed by atoms with Crippen LogP contribution in [-0.4, -0.2) is 69.4 Å². The summed E-state index contributed by atoms with van der Waals surface area (Å²) in [6.07, 6.45) is 6.05. The van der Waals surface area contributed by atoms with Crippen molar-refractivity contribution in [3.8, 4) is 10.6 Å². The molecule has 0 unspecified atom stereocenters. The number of likely N-dealkylation sites (tertiary alicyclic amines) is 1. The van der Waals surface area contributed by atoms with E-state index in [0.29, 0.717) is 4.88 Å². The summed E-state index contributed by atoms with van der Waals surface area (Å²) in [6, 6.07) is 4.12. The van der Waals surface area contributed by atoms with Gasteiger partial charge >= 0.3 is 0 Å². The summed E-state index contributed by atoms with van der Waals surface area (Å²) in [5.74, 6) is -0.637. The van der Waals surface area contributed by atoms with Crippen molar-refractivity contribution < 1.29 is 19.1 Å². The van der Waals surface area contributed by atoms with Crippen LogP contribution >= 0.6 is 22.9 Å². The molecule has 3 fully saturated rings. The van der Waals surface area contributed by atoms with Gasteiger partial charge in [-0.2, -0.15) is 5.10 Å². The highest BCUT2D eigenvalue weighted by Gasteiger charge is 2.53. The number of aryl methyl sites for hydroxylation is 1. The van der Waals surface area contributed by atoms with Gasteiger partial charge in [-0.3, -0.25) is 14.4 Å². The second kappa shape index (κ2) is 9.71. The first kappa shape index (κ1) is 23.4. The Bertz CT molecular complexity index is 1100. The summed E-state index contributed by atoms with van der Waals surface area (Å²) in [4.78, 5) is 42.4. The van der Waals surface area contributed by atoms with Gasteiger partial charge < -0.3 is 15.0 Å². The monoisotopic (exact) mass is 502 g/mol. The largest absolute Gasteiger partial charge is 0.366 e. The highest BCUT2D eigenvalue weighted by molar-refractivity contribution is 7.17. The maximum atomic E-state index is 13.7. The topological polar surface area (TPSA) is 101 Å². The molecule has 2 aromatic rings. The molecule has 1 N–H and O–H groups in total. The van der Waals surface area contributed by atoms with Gasteiger partial charge in [-0.05, 0) is 49.4 Å². The number of halogens is 1. The van der Waals surface area contributed by atoms with Crippen molar-refractivity contribution in [3.63, 3.8) is 0 Å². The standard InChI is InChI=1S/C24H27ClN4O4S/c1-13-9-10-26-28-19(13)17-7-8-18(34-17)23(31)27-20(14-5-3-2-4-6-14)24(32)29-11-15(25)22-21(29)16(30)12-33-22/h7-10,14-15,20-22H,2-6,11-12H2,1H3,(H,27,31)/t15-,20-,21+,22+/m0/s1. The van der Waals surface area contributed by atoms with Gasteiger partial charge in [-0.15, -0.1) is 28.0 Å². The van der Waals surface area contributed by atoms with E-state index in [1.54, 1.807) is 17.2 Å². The fourth-order valence-electron chi connectivity index (χ4n) is 5.29. The molecule has 2 amide bonds. The maximum absolute atomic E-state index is 13.7. The molecule has 0 spiro atoms. The third-order valence-corrected chi connectivity index (χ3v) is 8.54. The minimum absolute atomic E-state index is 0.0251. The molecule has 0 radical (unpaired) electrons. The molecule has 5 rings (SSSR count). The Morgan fingerprint density at radius 1 is 1.24 bits per heavy atom. The molecule has 34 heavy (non-hydrogen) atoms. The van der Waals surface area contributed by atoms with Crippen molar-refractivity contribution in [1.82, 2.24) is 20.4 Å². The number of alkyl halides is 1. The predicted molar refractivity (Wildman–Crippen MR) is 128 cm³/mol. The smallest absolute Gasteiger partial charge is 0.262 e. The van der Waals surface area contributed by atoms with Crippen molar-refractivity contribution in [2.45, 2.75) is 62.6 Å². The predicted octanol–water partition coefficient (Wildman–Crippen LogP) is 2.98. The van der Waals surface area contributed by atoms with Crippen LogP contribution in [-0.2, 0) is 14.3 Å². The fraction of sp³-hybridized carbons (Fsp3) is 0.542. The quantitative estimate of drug-likeness (QED) is 0.631. The summed E-state index contributed by atoms with van der Waals surface area (Å²) in [5, 5.41) is 10.7. The van der Waals surface area contributed by atoms with Crippen LogP contribution in [0.5, 0.6) is 0 Å². The van der Waals surface area contributed by atoms with Crippen LogP contribution in [0.1, 0.15) is 47.3 Å². The number of hydrogen-bond donors (Lipinski definition) is 1. The lowest BCUT2D eigenvalue weighted by Gasteiger charge is -2.34. The van der Waals surface area contributed by atoms with Crippen molar-refractivity contribution in [2.75, 3.05) is 13.2 Å². The van der Waals surface area contributed by atoms with E-state index in [1.165, 1.54) is 11.3 Å². The zero-order valence-electron chi connectivity index (χ0n) is 18.9. The van der Waals surface area contributed by atoms with Crippen molar-refractivity contribution in [3.05, 3.63) is 34.8 Å². The van der Waals surface area contributed by atoms with Crippen molar-refractivity contribution in [2.24, 2.45) is 5.92 Å². The van der Waals surface area contributed by atoms with E-state index in [4.69, 9.17) is 16.3 Å². The molecule has 0 bridgehead atoms. The lowest BCUT2D eigenvalue weighted by Crippen LogP contribution is -2.55. The van der Waals surface area contributed by atoms with E-state index in [1.807, 2.05) is 19.1 Å². The Labute approximate surface area is 207 Å². The Morgan fingerprint density at radius 2 is 2.03 bits per heavy atom. The van der Waals surface area contributed by atoms with E-state index < -0.39 is 23.6 Å². The average Bonchev–Trinajstić information content (AvgIpc) is 3.56. The lowest BCUT2D eigenvalue weighted by molar-refractivity contribution is -0.139. The van der Waals surface area contributed by atoms with Gasteiger partial charge in [0.15, 0.2) is 5.78 Å². The highest BCUT2D eigenvalue weighted by Crippen LogP contribution is 2.34. The summed E-state index contributed by atoms with van der Waals surface area (Å²) in [5.41, 5.74) is 1.71. The summed E-state index contributed by atoms with van der Waals surface area (Å²) < 4.78 is 5.54. The van der Waals surface area contributed by atoms with Crippen LogP contribution in [0.2, 0.25) is 0 Å². The van der Waals surface area contributed by atoms with E-state index in [9.17, 15) is 14.4 Å². The number of hydrogen-bond acceptors (Lipinski definition) is 7. The molecule has 2 aromatic heterocycles. The molecule has 2 saturated heterocycles. The number of rotatable bonds is 5. The fourth-order valence-corrected chi connectivity index (χ4v) is 6.61. The molecule has 3 aliphatic rings. The number of nitrogens with zero attached hydrogens (tertiary/aromatic N) is 3. The minimum atomic E-state index is -0.701. The first-order valence-corrected chi connectivity index (χ1v) is 13.0. The van der Waals surface area contributed by atoms with Gasteiger partial charge in [0, 0.05) is 12.7 Å². The van der Waals surface area contributed by atoms with Gasteiger partial charge in [0.1, 0.15) is 30.5 Å². The third kappa shape index (κ3) is 4.36. The number of amides is 2. The van der Waals surface area contributed by atoms with Gasteiger partial charge in [-0.1, -0.05) is 19.3 Å². The molecule has 10 heteroatoms. The normalized spacial score (nSPS) is 25.9. The molecular weight excluding hydrogens is 476 g/mol. The summed E-state index contributed by atoms with van der Waals surface area (Å²) >= 11 is 7.74. The molecule has 1 saturated carbocycles. The second-order valence-electron chi connectivity index (χ2n) is 9.27. The highest BCUT2D eigenvalue weighted by atomic mass is 35.5. The number of carbonyl (C=O) groups is 3. The number of ether oxygens (including phenoxy) is 1. The lowest BCUT2D eigenvalue weighted by atomic mass is 9.83. The van der Waals surface area contributed by atoms with E-state index in [-0.39, 0.29) is 36.7 Å². The third-order valence-electron chi connectivity index (χ3n) is 7.07. The van der Waals surface area contributed by atoms with Crippen LogP contribution in [0, 0.1) is 12.8 Å². The van der Waals surface area contributed by atoms with Crippen LogP contribution in [0.25, 0.3) is 10.6 Å². The Kier molecular flexibility index (Phi) is 6.68. The van der Waals surface area contributed by atoms with Crippen LogP contribution in [0.15, 0.2) is 24.4 Å². The Balaban J connectivity index is 1.38. The number of carbonyl (C=O) groups excluding carboxylic acids is 3. The first-order valence-electron chi connectivity index (χ1n) is 11.7. The zero-order chi connectivity index (χ0) is 23.8. The summed E-state index contributed by atoms with van der Waals surface area (Å²) in [7, 11) is 0. The van der Waals surface area contributed by atoms with Crippen LogP contribution < -0.4 is 5.32 Å². The summed E-state index contributed by atoms with van der Waals surface area (Å²) in [6.45, 7) is 2.17. The van der Waals surface area contributed by atoms with Gasteiger partial charge in [0.25, 0.3) is 5.91 Å². The number of fused-ring (bicyclic) bond motifs is 1. The Morgan fingerprint density at radius 3 is 2.79 bits per heavy atom. The number of thiophene rings is 1. The van der Waals surface area contributed by atoms with E-state index in [2.05, 4.69) is 15.5 Å². The molecule has 0 aromatic carbocycles.